The number of carbonyl (C=O) groups excluding carboxylic acids is 1. The SMILES string of the molecule is O=C(O)c1ccccc1C(=O)Nc1ccc(C2=NN(c3ccccc3)C(c3ccc(Cl)cc3)C2)cc1. The number of hydrogen-bond donors (Lipinski definition) is 2. The first-order valence-corrected chi connectivity index (χ1v) is 11.8. The summed E-state index contributed by atoms with van der Waals surface area (Å²) in [6, 6.07) is 31.4. The van der Waals surface area contributed by atoms with Crippen molar-refractivity contribution in [3.8, 4) is 0 Å². The maximum absolute atomic E-state index is 12.7. The van der Waals surface area contributed by atoms with Crippen LogP contribution in [-0.4, -0.2) is 22.7 Å². The summed E-state index contributed by atoms with van der Waals surface area (Å²) < 4.78 is 0. The summed E-state index contributed by atoms with van der Waals surface area (Å²) >= 11 is 6.11. The fourth-order valence-electron chi connectivity index (χ4n) is 4.26. The number of benzene rings is 4. The van der Waals surface area contributed by atoms with E-state index in [1.165, 1.54) is 12.1 Å². The molecule has 0 bridgehead atoms. The molecule has 1 unspecified atom stereocenters. The van der Waals surface area contributed by atoms with E-state index >= 15 is 0 Å². The maximum atomic E-state index is 12.7. The van der Waals surface area contributed by atoms with Gasteiger partial charge in [-0.3, -0.25) is 9.80 Å². The zero-order valence-corrected chi connectivity index (χ0v) is 19.9. The van der Waals surface area contributed by atoms with Crippen molar-refractivity contribution in [2.45, 2.75) is 12.5 Å². The van der Waals surface area contributed by atoms with Gasteiger partial charge in [-0.25, -0.2) is 4.79 Å². The van der Waals surface area contributed by atoms with Crippen molar-refractivity contribution < 1.29 is 14.7 Å². The molecule has 0 spiro atoms. The summed E-state index contributed by atoms with van der Waals surface area (Å²) in [5.74, 6) is -1.62. The van der Waals surface area contributed by atoms with E-state index in [0.717, 1.165) is 22.5 Å². The second kappa shape index (κ2) is 10.1. The third-order valence-corrected chi connectivity index (χ3v) is 6.32. The first kappa shape index (κ1) is 23.3. The number of para-hydroxylation sites is 1. The van der Waals surface area contributed by atoms with Crippen LogP contribution in [0.3, 0.4) is 0 Å². The number of hydrazone groups is 1. The summed E-state index contributed by atoms with van der Waals surface area (Å²) in [6.45, 7) is 0. The lowest BCUT2D eigenvalue weighted by Crippen LogP contribution is -2.18. The molecule has 1 aliphatic heterocycles. The van der Waals surface area contributed by atoms with Crippen molar-refractivity contribution in [3.05, 3.63) is 130 Å². The minimum absolute atomic E-state index is 0.0200. The number of halogens is 1. The fourth-order valence-corrected chi connectivity index (χ4v) is 4.39. The van der Waals surface area contributed by atoms with Crippen LogP contribution < -0.4 is 10.3 Å². The molecule has 0 aromatic heterocycles. The van der Waals surface area contributed by atoms with E-state index < -0.39 is 11.9 Å². The van der Waals surface area contributed by atoms with E-state index in [1.54, 1.807) is 24.3 Å². The molecule has 1 amide bonds. The number of carbonyl (C=O) groups is 2. The Kier molecular flexibility index (Phi) is 6.52. The summed E-state index contributed by atoms with van der Waals surface area (Å²) in [5, 5.41) is 19.8. The molecule has 4 aromatic carbocycles. The summed E-state index contributed by atoms with van der Waals surface area (Å²) in [5.41, 5.74) is 4.61. The Hall–Kier alpha value is -4.42. The Morgan fingerprint density at radius 1 is 0.833 bits per heavy atom. The van der Waals surface area contributed by atoms with Crippen LogP contribution in [0.5, 0.6) is 0 Å². The van der Waals surface area contributed by atoms with Crippen LogP contribution in [0.15, 0.2) is 108 Å². The zero-order valence-electron chi connectivity index (χ0n) is 19.1. The van der Waals surface area contributed by atoms with Gasteiger partial charge in [0.05, 0.1) is 28.6 Å². The van der Waals surface area contributed by atoms with Gasteiger partial charge in [-0.2, -0.15) is 5.10 Å². The number of rotatable bonds is 6. The van der Waals surface area contributed by atoms with Gasteiger partial charge in [0.25, 0.3) is 5.91 Å². The van der Waals surface area contributed by atoms with Crippen molar-refractivity contribution in [2.75, 3.05) is 10.3 Å². The molecular formula is C29H22ClN3O3. The lowest BCUT2D eigenvalue weighted by molar-refractivity contribution is 0.0692. The number of nitrogens with one attached hydrogen (secondary N) is 1. The Labute approximate surface area is 213 Å². The highest BCUT2D eigenvalue weighted by Crippen LogP contribution is 2.37. The predicted octanol–water partition coefficient (Wildman–Crippen LogP) is 6.65. The predicted molar refractivity (Wildman–Crippen MR) is 142 cm³/mol. The Morgan fingerprint density at radius 3 is 2.14 bits per heavy atom. The Bertz CT molecular complexity index is 1440. The van der Waals surface area contributed by atoms with E-state index in [4.69, 9.17) is 16.7 Å². The maximum Gasteiger partial charge on any atom is 0.336 e. The second-order valence-corrected chi connectivity index (χ2v) is 8.82. The average molecular weight is 496 g/mol. The van der Waals surface area contributed by atoms with Crippen molar-refractivity contribution in [1.82, 2.24) is 0 Å². The van der Waals surface area contributed by atoms with Crippen LogP contribution in [0.4, 0.5) is 11.4 Å². The molecular weight excluding hydrogens is 474 g/mol. The van der Waals surface area contributed by atoms with Gasteiger partial charge in [0.15, 0.2) is 0 Å². The number of anilines is 2. The largest absolute Gasteiger partial charge is 0.478 e. The normalized spacial score (nSPS) is 14.9. The molecule has 0 fully saturated rings. The van der Waals surface area contributed by atoms with Crippen LogP contribution >= 0.6 is 11.6 Å². The van der Waals surface area contributed by atoms with E-state index in [9.17, 15) is 14.7 Å². The number of amides is 1. The molecule has 6 nitrogen and oxygen atoms in total. The molecule has 4 aromatic rings. The van der Waals surface area contributed by atoms with E-state index in [2.05, 4.69) is 5.32 Å². The number of carboxylic acid groups (broad SMARTS) is 1. The topological polar surface area (TPSA) is 82.0 Å². The highest BCUT2D eigenvalue weighted by molar-refractivity contribution is 6.30. The Morgan fingerprint density at radius 2 is 1.47 bits per heavy atom. The summed E-state index contributed by atoms with van der Waals surface area (Å²) in [7, 11) is 0. The molecule has 178 valence electrons. The fraction of sp³-hybridized carbons (Fsp3) is 0.0690. The van der Waals surface area contributed by atoms with Gasteiger partial charge in [-0.1, -0.05) is 66.2 Å². The van der Waals surface area contributed by atoms with Crippen LogP contribution in [0.1, 0.15) is 44.3 Å². The Balaban J connectivity index is 1.38. The zero-order chi connectivity index (χ0) is 25.1. The number of hydrogen-bond acceptors (Lipinski definition) is 4. The monoisotopic (exact) mass is 495 g/mol. The number of carboxylic acids is 1. The molecule has 1 aliphatic rings. The van der Waals surface area contributed by atoms with E-state index in [0.29, 0.717) is 17.1 Å². The lowest BCUT2D eigenvalue weighted by atomic mass is 9.98. The number of nitrogens with zero attached hydrogens (tertiary/aromatic N) is 2. The van der Waals surface area contributed by atoms with Gasteiger partial charge < -0.3 is 10.4 Å². The summed E-state index contributed by atoms with van der Waals surface area (Å²) in [6.07, 6.45) is 0.703. The molecule has 0 aliphatic carbocycles. The molecule has 0 radical (unpaired) electrons. The third-order valence-electron chi connectivity index (χ3n) is 6.06. The van der Waals surface area contributed by atoms with Crippen molar-refractivity contribution in [3.63, 3.8) is 0 Å². The van der Waals surface area contributed by atoms with Crippen molar-refractivity contribution in [2.24, 2.45) is 5.10 Å². The molecule has 0 saturated carbocycles. The van der Waals surface area contributed by atoms with Gasteiger partial charge in [0, 0.05) is 17.1 Å². The molecule has 1 atom stereocenters. The molecule has 5 rings (SSSR count). The highest BCUT2D eigenvalue weighted by Gasteiger charge is 2.30. The first-order chi connectivity index (χ1) is 17.5. The minimum atomic E-state index is -1.14. The van der Waals surface area contributed by atoms with Gasteiger partial charge in [0.1, 0.15) is 0 Å². The van der Waals surface area contributed by atoms with E-state index in [-0.39, 0.29) is 17.2 Å². The first-order valence-electron chi connectivity index (χ1n) is 11.4. The van der Waals surface area contributed by atoms with Gasteiger partial charge in [0.2, 0.25) is 0 Å². The minimum Gasteiger partial charge on any atom is -0.478 e. The third kappa shape index (κ3) is 4.85. The van der Waals surface area contributed by atoms with Gasteiger partial charge >= 0.3 is 5.97 Å². The van der Waals surface area contributed by atoms with Crippen LogP contribution in [0, 0.1) is 0 Å². The lowest BCUT2D eigenvalue weighted by Gasteiger charge is -2.24. The quantitative estimate of drug-likeness (QED) is 0.314. The van der Waals surface area contributed by atoms with Crippen LogP contribution in [0.2, 0.25) is 5.02 Å². The van der Waals surface area contributed by atoms with Gasteiger partial charge in [-0.05, 0) is 59.7 Å². The highest BCUT2D eigenvalue weighted by atomic mass is 35.5. The molecule has 36 heavy (non-hydrogen) atoms. The average Bonchev–Trinajstić information content (AvgIpc) is 3.35. The van der Waals surface area contributed by atoms with Crippen LogP contribution in [-0.2, 0) is 0 Å². The van der Waals surface area contributed by atoms with Crippen molar-refractivity contribution in [1.29, 1.82) is 0 Å². The smallest absolute Gasteiger partial charge is 0.336 e. The van der Waals surface area contributed by atoms with Crippen molar-refractivity contribution >= 4 is 40.6 Å². The molecule has 2 N–H and O–H groups in total. The summed E-state index contributed by atoms with van der Waals surface area (Å²) in [4.78, 5) is 24.1. The standard InChI is InChI=1S/C29H22ClN3O3/c30-21-14-10-20(11-15-21)27-18-26(32-33(27)23-6-2-1-3-7-23)19-12-16-22(17-13-19)31-28(34)24-8-4-5-9-25(24)29(35)36/h1-17,27H,18H2,(H,31,34)(H,35,36). The number of aromatic carboxylic acids is 1. The van der Waals surface area contributed by atoms with Crippen LogP contribution in [0.25, 0.3) is 0 Å². The molecule has 0 saturated heterocycles. The molecule has 1 heterocycles. The van der Waals surface area contributed by atoms with E-state index in [1.807, 2.05) is 71.7 Å². The van der Waals surface area contributed by atoms with Gasteiger partial charge in [-0.15, -0.1) is 0 Å². The second-order valence-electron chi connectivity index (χ2n) is 8.38. The molecule has 7 heteroatoms.